The number of rotatable bonds is 9. The lowest BCUT2D eigenvalue weighted by Crippen LogP contribution is -2.44. The minimum Gasteiger partial charge on any atom is -0.370 e. The van der Waals surface area contributed by atoms with E-state index >= 15 is 0 Å². The molecule has 0 aliphatic heterocycles. The molecule has 0 aromatic carbocycles. The van der Waals surface area contributed by atoms with Gasteiger partial charge in [-0.05, 0) is 12.8 Å². The summed E-state index contributed by atoms with van der Waals surface area (Å²) in [6.45, 7) is -0.0242. The van der Waals surface area contributed by atoms with E-state index in [2.05, 4.69) is 15.6 Å². The van der Waals surface area contributed by atoms with Crippen LogP contribution in [0.3, 0.4) is 0 Å². The molecule has 0 spiro atoms. The minimum absolute atomic E-state index is 0.0174. The normalized spacial score (nSPS) is 11.2. The summed E-state index contributed by atoms with van der Waals surface area (Å²) in [5.74, 6) is -0.914. The number of guanidine groups is 1. The molecule has 2 amide bonds. The largest absolute Gasteiger partial charge is 0.370 e. The molecule has 0 bridgehead atoms. The summed E-state index contributed by atoms with van der Waals surface area (Å²) in [6, 6.07) is -0.628. The van der Waals surface area contributed by atoms with E-state index in [-0.39, 0.29) is 19.0 Å². The maximum Gasteiger partial charge on any atom is 0.239 e. The third-order valence-corrected chi connectivity index (χ3v) is 2.11. The molecule has 0 fully saturated rings. The molecule has 0 aliphatic rings. The van der Waals surface area contributed by atoms with Crippen LogP contribution in [0.2, 0.25) is 0 Å². The lowest BCUT2D eigenvalue weighted by Gasteiger charge is -2.12. The van der Waals surface area contributed by atoms with E-state index in [0.717, 1.165) is 0 Å². The molecule has 0 heterocycles. The third kappa shape index (κ3) is 9.53. The van der Waals surface area contributed by atoms with E-state index in [1.807, 2.05) is 0 Å². The first-order valence-electron chi connectivity index (χ1n) is 5.76. The van der Waals surface area contributed by atoms with Crippen LogP contribution >= 0.6 is 0 Å². The van der Waals surface area contributed by atoms with Gasteiger partial charge < -0.3 is 32.6 Å². The van der Waals surface area contributed by atoms with Crippen molar-refractivity contribution in [2.75, 3.05) is 19.6 Å². The number of aldehydes is 1. The average Bonchev–Trinajstić information content (AvgIpc) is 2.39. The molecule has 0 rings (SSSR count). The highest BCUT2D eigenvalue weighted by Crippen LogP contribution is 1.95. The van der Waals surface area contributed by atoms with Crippen LogP contribution in [0.1, 0.15) is 12.8 Å². The van der Waals surface area contributed by atoms with Gasteiger partial charge in [-0.15, -0.1) is 0 Å². The molecule has 0 aromatic heterocycles. The zero-order valence-electron chi connectivity index (χ0n) is 10.6. The highest BCUT2D eigenvalue weighted by Gasteiger charge is 2.11. The average molecular weight is 272 g/mol. The molecule has 0 unspecified atom stereocenters. The van der Waals surface area contributed by atoms with Gasteiger partial charge in [-0.1, -0.05) is 0 Å². The Kier molecular flexibility index (Phi) is 8.71. The van der Waals surface area contributed by atoms with Gasteiger partial charge in [-0.2, -0.15) is 0 Å². The Bertz CT molecular complexity index is 340. The van der Waals surface area contributed by atoms with Crippen molar-refractivity contribution in [1.29, 1.82) is 0 Å². The lowest BCUT2D eigenvalue weighted by atomic mass is 10.2. The van der Waals surface area contributed by atoms with E-state index < -0.39 is 17.9 Å². The van der Waals surface area contributed by atoms with Crippen molar-refractivity contribution in [2.24, 2.45) is 22.2 Å². The lowest BCUT2D eigenvalue weighted by molar-refractivity contribution is -0.126. The number of amides is 2. The summed E-state index contributed by atoms with van der Waals surface area (Å²) in [5, 5.41) is 4.76. The number of carbonyl (C=O) groups excluding carboxylic acids is 3. The number of hydrogen-bond acceptors (Lipinski definition) is 5. The van der Waals surface area contributed by atoms with Gasteiger partial charge in [-0.25, -0.2) is 0 Å². The number of nitrogens with two attached hydrogens (primary N) is 3. The fourth-order valence-electron chi connectivity index (χ4n) is 1.20. The van der Waals surface area contributed by atoms with E-state index in [1.54, 1.807) is 0 Å². The molecular formula is C10H20N6O3. The fraction of sp³-hybridized carbons (Fsp3) is 0.600. The van der Waals surface area contributed by atoms with Crippen LogP contribution in [0.25, 0.3) is 0 Å². The maximum absolute atomic E-state index is 11.4. The smallest absolute Gasteiger partial charge is 0.239 e. The minimum atomic E-state index is -0.628. The molecule has 0 saturated carbocycles. The Hall–Kier alpha value is -2.16. The van der Waals surface area contributed by atoms with Crippen LogP contribution in [0.5, 0.6) is 0 Å². The highest BCUT2D eigenvalue weighted by atomic mass is 16.2. The first kappa shape index (κ1) is 16.8. The second kappa shape index (κ2) is 9.83. The van der Waals surface area contributed by atoms with Crippen molar-refractivity contribution in [3.63, 3.8) is 0 Å². The Morgan fingerprint density at radius 1 is 1.26 bits per heavy atom. The standard InChI is InChI=1S/C10H20N6O3/c11-4-8(18)15-5-9(19)16-7(6-17)2-1-3-14-10(12)13/h6-7H,1-5,11H2,(H,15,18)(H,16,19)(H4,12,13,14)/t7-/m0/s1. The van der Waals surface area contributed by atoms with Crippen molar-refractivity contribution in [3.05, 3.63) is 0 Å². The summed E-state index contributed by atoms with van der Waals surface area (Å²) in [6.07, 6.45) is 1.59. The molecule has 19 heavy (non-hydrogen) atoms. The van der Waals surface area contributed by atoms with Gasteiger partial charge in [0.25, 0.3) is 0 Å². The second-order valence-electron chi connectivity index (χ2n) is 3.74. The quantitative estimate of drug-likeness (QED) is 0.128. The number of carbonyl (C=O) groups is 3. The van der Waals surface area contributed by atoms with Crippen LogP contribution in [0.4, 0.5) is 0 Å². The molecule has 0 aliphatic carbocycles. The third-order valence-electron chi connectivity index (χ3n) is 2.11. The predicted octanol–water partition coefficient (Wildman–Crippen LogP) is -3.20. The van der Waals surface area contributed by atoms with Crippen LogP contribution < -0.4 is 27.8 Å². The SMILES string of the molecule is NCC(=O)NCC(=O)N[C@H](C=O)CCCN=C(N)N. The molecule has 8 N–H and O–H groups in total. The number of hydrogen-bond donors (Lipinski definition) is 5. The molecule has 9 heteroatoms. The first-order valence-corrected chi connectivity index (χ1v) is 5.76. The van der Waals surface area contributed by atoms with E-state index in [4.69, 9.17) is 17.2 Å². The molecule has 108 valence electrons. The summed E-state index contributed by atoms with van der Waals surface area (Å²) < 4.78 is 0. The predicted molar refractivity (Wildman–Crippen MR) is 70.0 cm³/mol. The van der Waals surface area contributed by atoms with Crippen molar-refractivity contribution in [2.45, 2.75) is 18.9 Å². The highest BCUT2D eigenvalue weighted by molar-refractivity contribution is 5.86. The molecule has 0 saturated heterocycles. The van der Waals surface area contributed by atoms with E-state index in [0.29, 0.717) is 25.7 Å². The first-order chi connectivity index (χ1) is 8.99. The van der Waals surface area contributed by atoms with Crippen molar-refractivity contribution in [3.8, 4) is 0 Å². The number of nitrogens with one attached hydrogen (secondary N) is 2. The number of aliphatic imine (C=N–C) groups is 1. The Morgan fingerprint density at radius 3 is 2.47 bits per heavy atom. The number of nitrogens with zero attached hydrogens (tertiary/aromatic N) is 1. The van der Waals surface area contributed by atoms with Gasteiger partial charge in [0.15, 0.2) is 5.96 Å². The molecular weight excluding hydrogens is 252 g/mol. The van der Waals surface area contributed by atoms with Crippen LogP contribution in [0.15, 0.2) is 4.99 Å². The molecule has 0 aromatic rings. The summed E-state index contributed by atoms with van der Waals surface area (Å²) in [4.78, 5) is 36.7. The van der Waals surface area contributed by atoms with Crippen LogP contribution in [0, 0.1) is 0 Å². The molecule has 9 nitrogen and oxygen atoms in total. The van der Waals surface area contributed by atoms with E-state index in [9.17, 15) is 14.4 Å². The van der Waals surface area contributed by atoms with Gasteiger partial charge in [0.2, 0.25) is 11.8 Å². The summed E-state index contributed by atoms with van der Waals surface area (Å²) in [5.41, 5.74) is 15.3. The summed E-state index contributed by atoms with van der Waals surface area (Å²) >= 11 is 0. The van der Waals surface area contributed by atoms with Crippen molar-refractivity contribution >= 4 is 24.1 Å². The Morgan fingerprint density at radius 2 is 1.95 bits per heavy atom. The zero-order chi connectivity index (χ0) is 14.7. The van der Waals surface area contributed by atoms with Crippen molar-refractivity contribution < 1.29 is 14.4 Å². The van der Waals surface area contributed by atoms with E-state index in [1.165, 1.54) is 0 Å². The molecule has 1 atom stereocenters. The van der Waals surface area contributed by atoms with Crippen molar-refractivity contribution in [1.82, 2.24) is 10.6 Å². The van der Waals surface area contributed by atoms with Gasteiger partial charge in [0.05, 0.1) is 19.1 Å². The Balaban J connectivity index is 3.91. The van der Waals surface area contributed by atoms with Gasteiger partial charge >= 0.3 is 0 Å². The molecule has 0 radical (unpaired) electrons. The van der Waals surface area contributed by atoms with Gasteiger partial charge in [0, 0.05) is 6.54 Å². The van der Waals surface area contributed by atoms with Crippen LogP contribution in [-0.4, -0.2) is 49.7 Å². The summed E-state index contributed by atoms with van der Waals surface area (Å²) in [7, 11) is 0. The maximum atomic E-state index is 11.4. The topological polar surface area (TPSA) is 166 Å². The fourth-order valence-corrected chi connectivity index (χ4v) is 1.20. The second-order valence-corrected chi connectivity index (χ2v) is 3.74. The van der Waals surface area contributed by atoms with Gasteiger partial charge in [0.1, 0.15) is 6.29 Å². The van der Waals surface area contributed by atoms with Crippen LogP contribution in [-0.2, 0) is 14.4 Å². The monoisotopic (exact) mass is 272 g/mol. The van der Waals surface area contributed by atoms with Gasteiger partial charge in [-0.3, -0.25) is 14.6 Å². The Labute approximate surface area is 111 Å². The zero-order valence-corrected chi connectivity index (χ0v) is 10.6.